The number of aromatic nitrogens is 2. The molecule has 1 fully saturated rings. The first-order valence-corrected chi connectivity index (χ1v) is 10.3. The molecule has 2 rings (SSSR count). The summed E-state index contributed by atoms with van der Waals surface area (Å²) in [5.74, 6) is -0.844. The first-order chi connectivity index (χ1) is 14.5. The lowest BCUT2D eigenvalue weighted by Crippen LogP contribution is -2.48. The van der Waals surface area contributed by atoms with E-state index in [0.717, 1.165) is 4.57 Å². The van der Waals surface area contributed by atoms with Crippen molar-refractivity contribution >= 4 is 17.9 Å². The van der Waals surface area contributed by atoms with Crippen LogP contribution in [0.4, 0.5) is 4.79 Å². The van der Waals surface area contributed by atoms with Crippen LogP contribution in [0.2, 0.25) is 0 Å². The van der Waals surface area contributed by atoms with Crippen LogP contribution in [0.3, 0.4) is 0 Å². The maximum Gasteiger partial charge on any atom is 0.407 e. The summed E-state index contributed by atoms with van der Waals surface area (Å²) in [6, 6.07) is 1.23. The van der Waals surface area contributed by atoms with Gasteiger partial charge in [-0.15, -0.1) is 0 Å². The van der Waals surface area contributed by atoms with Gasteiger partial charge in [0.25, 0.3) is 5.56 Å². The topological polar surface area (TPSA) is 132 Å². The number of rotatable bonds is 6. The van der Waals surface area contributed by atoms with Crippen LogP contribution in [0, 0.1) is 5.92 Å². The molecule has 2 heterocycles. The molecule has 2 N–H and O–H groups in total. The van der Waals surface area contributed by atoms with E-state index in [4.69, 9.17) is 4.74 Å². The fourth-order valence-electron chi connectivity index (χ4n) is 3.21. The largest absolute Gasteiger partial charge is 0.444 e. The van der Waals surface area contributed by atoms with Gasteiger partial charge in [-0.2, -0.15) is 0 Å². The second-order valence-electron chi connectivity index (χ2n) is 8.52. The van der Waals surface area contributed by atoms with Crippen molar-refractivity contribution in [2.75, 3.05) is 26.2 Å². The van der Waals surface area contributed by atoms with Crippen molar-refractivity contribution in [3.05, 3.63) is 33.1 Å². The molecule has 1 atom stereocenters. The molecule has 0 bridgehead atoms. The van der Waals surface area contributed by atoms with Crippen molar-refractivity contribution in [3.63, 3.8) is 0 Å². The maximum atomic E-state index is 12.6. The van der Waals surface area contributed by atoms with Crippen molar-refractivity contribution in [3.8, 4) is 0 Å². The van der Waals surface area contributed by atoms with Gasteiger partial charge >= 0.3 is 11.8 Å². The minimum Gasteiger partial charge on any atom is -0.444 e. The van der Waals surface area contributed by atoms with Crippen LogP contribution in [0.15, 0.2) is 21.9 Å². The van der Waals surface area contributed by atoms with Gasteiger partial charge < -0.3 is 20.3 Å². The number of carbonyl (C=O) groups excluding carboxylic acids is 3. The summed E-state index contributed by atoms with van der Waals surface area (Å²) in [4.78, 5) is 61.8. The molecular weight excluding hydrogens is 406 g/mol. The van der Waals surface area contributed by atoms with E-state index in [1.165, 1.54) is 23.9 Å². The molecule has 0 aliphatic carbocycles. The summed E-state index contributed by atoms with van der Waals surface area (Å²) in [6.07, 6.45) is 2.07. The molecule has 1 aliphatic heterocycles. The number of hydrogen-bond donors (Lipinski definition) is 2. The summed E-state index contributed by atoms with van der Waals surface area (Å²) in [5, 5.41) is 5.33. The van der Waals surface area contributed by atoms with Crippen molar-refractivity contribution in [1.29, 1.82) is 0 Å². The highest BCUT2D eigenvalue weighted by Crippen LogP contribution is 2.17. The first-order valence-electron chi connectivity index (χ1n) is 10.3. The fourth-order valence-corrected chi connectivity index (χ4v) is 3.21. The number of hydrogen-bond acceptors (Lipinski definition) is 6. The number of alkyl carbamates (subject to hydrolysis) is 1. The highest BCUT2D eigenvalue weighted by Gasteiger charge is 2.28. The van der Waals surface area contributed by atoms with Gasteiger partial charge in [0.15, 0.2) is 0 Å². The van der Waals surface area contributed by atoms with Crippen molar-refractivity contribution in [1.82, 2.24) is 24.7 Å². The molecule has 0 spiro atoms. The third kappa shape index (κ3) is 7.26. The van der Waals surface area contributed by atoms with E-state index in [-0.39, 0.29) is 43.9 Å². The SMILES string of the molecule is Cn1c(=O)ccn(CC(=O)N2CCCC(C(=O)NCCNC(=O)OC(C)(C)C)C2)c1=O. The van der Waals surface area contributed by atoms with Crippen molar-refractivity contribution < 1.29 is 19.1 Å². The van der Waals surface area contributed by atoms with Crippen molar-refractivity contribution in [2.45, 2.75) is 45.8 Å². The van der Waals surface area contributed by atoms with E-state index < -0.39 is 22.9 Å². The molecule has 3 amide bonds. The van der Waals surface area contributed by atoms with Crippen LogP contribution in [-0.2, 0) is 27.9 Å². The third-order valence-corrected chi connectivity index (χ3v) is 4.80. The van der Waals surface area contributed by atoms with E-state index in [0.29, 0.717) is 19.4 Å². The normalized spacial score (nSPS) is 16.5. The Bertz CT molecular complexity index is 929. The Labute approximate surface area is 180 Å². The summed E-state index contributed by atoms with van der Waals surface area (Å²) in [5.41, 5.74) is -1.60. The van der Waals surface area contributed by atoms with E-state index >= 15 is 0 Å². The highest BCUT2D eigenvalue weighted by atomic mass is 16.6. The lowest BCUT2D eigenvalue weighted by Gasteiger charge is -2.32. The molecular formula is C20H31N5O6. The summed E-state index contributed by atoms with van der Waals surface area (Å²) in [6.45, 7) is 6.33. The van der Waals surface area contributed by atoms with Gasteiger partial charge in [0, 0.05) is 45.5 Å². The number of likely N-dealkylation sites (tertiary alicyclic amines) is 1. The number of nitrogens with zero attached hydrogens (tertiary/aromatic N) is 3. The highest BCUT2D eigenvalue weighted by molar-refractivity contribution is 5.81. The van der Waals surface area contributed by atoms with E-state index in [1.54, 1.807) is 25.7 Å². The Kier molecular flexibility index (Phi) is 8.01. The van der Waals surface area contributed by atoms with Gasteiger partial charge in [-0.3, -0.25) is 23.5 Å². The van der Waals surface area contributed by atoms with Gasteiger partial charge in [-0.1, -0.05) is 0 Å². The van der Waals surface area contributed by atoms with Gasteiger partial charge in [0.05, 0.1) is 5.92 Å². The van der Waals surface area contributed by atoms with Crippen LogP contribution >= 0.6 is 0 Å². The van der Waals surface area contributed by atoms with Crippen LogP contribution in [0.1, 0.15) is 33.6 Å². The fraction of sp³-hybridized carbons (Fsp3) is 0.650. The van der Waals surface area contributed by atoms with Gasteiger partial charge in [0.2, 0.25) is 11.8 Å². The Morgan fingerprint density at radius 3 is 2.52 bits per heavy atom. The van der Waals surface area contributed by atoms with Gasteiger partial charge in [0.1, 0.15) is 12.1 Å². The van der Waals surface area contributed by atoms with E-state index in [9.17, 15) is 24.0 Å². The Hall–Kier alpha value is -3.11. The predicted molar refractivity (Wildman–Crippen MR) is 112 cm³/mol. The lowest BCUT2D eigenvalue weighted by atomic mass is 9.97. The quantitative estimate of drug-likeness (QED) is 0.573. The average molecular weight is 437 g/mol. The summed E-state index contributed by atoms with van der Waals surface area (Å²) < 4.78 is 7.23. The number of nitrogens with one attached hydrogen (secondary N) is 2. The molecule has 172 valence electrons. The zero-order chi connectivity index (χ0) is 23.2. The maximum absolute atomic E-state index is 12.6. The standard InChI is InChI=1S/C20H31N5O6/c1-20(2,3)31-18(29)22-9-8-21-17(28)14-6-5-10-24(12-14)16(27)13-25-11-7-15(26)23(4)19(25)30/h7,11,14H,5-6,8-10,12-13H2,1-4H3,(H,21,28)(H,22,29). The minimum atomic E-state index is -0.592. The molecule has 0 saturated carbocycles. The Morgan fingerprint density at radius 1 is 1.16 bits per heavy atom. The van der Waals surface area contributed by atoms with Crippen LogP contribution in [0.5, 0.6) is 0 Å². The molecule has 1 aliphatic rings. The molecule has 11 nitrogen and oxygen atoms in total. The van der Waals surface area contributed by atoms with Gasteiger partial charge in [-0.05, 0) is 33.6 Å². The molecule has 1 aromatic heterocycles. The smallest absolute Gasteiger partial charge is 0.407 e. The monoisotopic (exact) mass is 437 g/mol. The zero-order valence-electron chi connectivity index (χ0n) is 18.5. The Balaban J connectivity index is 1.82. The molecule has 11 heteroatoms. The molecule has 1 unspecified atom stereocenters. The molecule has 1 saturated heterocycles. The average Bonchev–Trinajstić information content (AvgIpc) is 2.70. The van der Waals surface area contributed by atoms with Gasteiger partial charge in [-0.25, -0.2) is 9.59 Å². The molecule has 0 aromatic carbocycles. The summed E-state index contributed by atoms with van der Waals surface area (Å²) >= 11 is 0. The number of carbonyl (C=O) groups is 3. The predicted octanol–water partition coefficient (Wildman–Crippen LogP) is -0.573. The second kappa shape index (κ2) is 10.3. The van der Waals surface area contributed by atoms with Crippen LogP contribution in [0.25, 0.3) is 0 Å². The Morgan fingerprint density at radius 2 is 1.84 bits per heavy atom. The van der Waals surface area contributed by atoms with Crippen molar-refractivity contribution in [2.24, 2.45) is 13.0 Å². The first kappa shape index (κ1) is 24.2. The minimum absolute atomic E-state index is 0.192. The van der Waals surface area contributed by atoms with Crippen LogP contribution in [-0.4, -0.2) is 63.7 Å². The molecule has 31 heavy (non-hydrogen) atoms. The number of amides is 3. The third-order valence-electron chi connectivity index (χ3n) is 4.80. The lowest BCUT2D eigenvalue weighted by molar-refractivity contribution is -0.136. The summed E-state index contributed by atoms with van der Waals surface area (Å²) in [7, 11) is 1.35. The molecule has 1 aromatic rings. The molecule has 0 radical (unpaired) electrons. The number of piperidine rings is 1. The van der Waals surface area contributed by atoms with E-state index in [1.807, 2.05) is 0 Å². The van der Waals surface area contributed by atoms with E-state index in [2.05, 4.69) is 10.6 Å². The van der Waals surface area contributed by atoms with Crippen LogP contribution < -0.4 is 21.9 Å². The zero-order valence-corrected chi connectivity index (χ0v) is 18.5. The number of ether oxygens (including phenoxy) is 1. The second-order valence-corrected chi connectivity index (χ2v) is 8.52.